The van der Waals surface area contributed by atoms with Gasteiger partial charge in [0, 0.05) is 24.7 Å². The maximum absolute atomic E-state index is 10.6. The molecule has 3 heteroatoms. The highest BCUT2D eigenvalue weighted by atomic mass is 16.3. The smallest absolute Gasteiger partial charge is 0.106 e. The normalized spacial score (nSPS) is 26.0. The lowest BCUT2D eigenvalue weighted by Crippen LogP contribution is -2.34. The lowest BCUT2D eigenvalue weighted by Gasteiger charge is -2.34. The van der Waals surface area contributed by atoms with E-state index < -0.39 is 5.60 Å². The molecule has 0 amide bonds. The molecule has 2 unspecified atom stereocenters. The molecule has 0 radical (unpaired) electrons. The average Bonchev–Trinajstić information content (AvgIpc) is 2.86. The third kappa shape index (κ3) is 1.87. The fourth-order valence-electron chi connectivity index (χ4n) is 2.59. The van der Waals surface area contributed by atoms with E-state index in [-0.39, 0.29) is 5.92 Å². The van der Waals surface area contributed by atoms with Crippen LogP contribution in [0.5, 0.6) is 0 Å². The summed E-state index contributed by atoms with van der Waals surface area (Å²) in [4.78, 5) is 7.36. The second-order valence-electron chi connectivity index (χ2n) is 4.98. The minimum Gasteiger partial charge on any atom is -0.385 e. The minimum atomic E-state index is -0.832. The van der Waals surface area contributed by atoms with E-state index in [1.165, 1.54) is 11.1 Å². The van der Waals surface area contributed by atoms with Crippen molar-refractivity contribution in [1.29, 1.82) is 0 Å². The van der Waals surface area contributed by atoms with Crippen molar-refractivity contribution in [2.75, 3.05) is 0 Å². The number of benzene rings is 1. The Hall–Kier alpha value is -1.87. The van der Waals surface area contributed by atoms with E-state index in [2.05, 4.69) is 22.1 Å². The zero-order chi connectivity index (χ0) is 12.6. The van der Waals surface area contributed by atoms with Crippen LogP contribution in [0.3, 0.4) is 0 Å². The van der Waals surface area contributed by atoms with E-state index in [9.17, 15) is 5.11 Å². The predicted octanol–water partition coefficient (Wildman–Crippen LogP) is 2.51. The number of rotatable bonds is 2. The summed E-state index contributed by atoms with van der Waals surface area (Å²) in [6.07, 6.45) is 8.14. The summed E-state index contributed by atoms with van der Waals surface area (Å²) >= 11 is 0. The number of imidazole rings is 1. The summed E-state index contributed by atoms with van der Waals surface area (Å²) in [6, 6.07) is 8.20. The Morgan fingerprint density at radius 1 is 1.39 bits per heavy atom. The van der Waals surface area contributed by atoms with Gasteiger partial charge in [0.15, 0.2) is 0 Å². The van der Waals surface area contributed by atoms with Crippen molar-refractivity contribution >= 4 is 6.08 Å². The fraction of sp³-hybridized carbons (Fsp3) is 0.267. The van der Waals surface area contributed by atoms with Crippen molar-refractivity contribution in [2.45, 2.75) is 24.9 Å². The molecule has 0 saturated carbocycles. The van der Waals surface area contributed by atoms with Crippen molar-refractivity contribution in [3.8, 4) is 0 Å². The van der Waals surface area contributed by atoms with Crippen LogP contribution in [0.1, 0.15) is 29.8 Å². The van der Waals surface area contributed by atoms with E-state index in [0.717, 1.165) is 5.82 Å². The Morgan fingerprint density at radius 2 is 2.22 bits per heavy atom. The molecule has 2 N–H and O–H groups in total. The monoisotopic (exact) mass is 240 g/mol. The van der Waals surface area contributed by atoms with Crippen LogP contribution in [0, 0.1) is 0 Å². The molecule has 0 bridgehead atoms. The van der Waals surface area contributed by atoms with Crippen LogP contribution in [0.4, 0.5) is 0 Å². The van der Waals surface area contributed by atoms with Crippen molar-refractivity contribution < 1.29 is 5.11 Å². The van der Waals surface area contributed by atoms with Crippen LogP contribution in [-0.4, -0.2) is 20.7 Å². The van der Waals surface area contributed by atoms with Gasteiger partial charge < -0.3 is 10.1 Å². The van der Waals surface area contributed by atoms with Crippen LogP contribution in [-0.2, 0) is 6.42 Å². The first-order chi connectivity index (χ1) is 8.67. The van der Waals surface area contributed by atoms with Crippen molar-refractivity contribution in [2.24, 2.45) is 0 Å². The molecule has 1 aromatic carbocycles. The fourth-order valence-corrected chi connectivity index (χ4v) is 2.59. The lowest BCUT2D eigenvalue weighted by atomic mass is 9.75. The molecule has 18 heavy (non-hydrogen) atoms. The molecular weight excluding hydrogens is 224 g/mol. The molecule has 0 spiro atoms. The van der Waals surface area contributed by atoms with Crippen molar-refractivity contribution in [1.82, 2.24) is 9.97 Å². The molecule has 3 nitrogen and oxygen atoms in total. The largest absolute Gasteiger partial charge is 0.385 e. The van der Waals surface area contributed by atoms with Crippen LogP contribution in [0.15, 0.2) is 42.7 Å². The van der Waals surface area contributed by atoms with Crippen LogP contribution < -0.4 is 0 Å². The van der Waals surface area contributed by atoms with Gasteiger partial charge in [-0.25, -0.2) is 4.98 Å². The van der Waals surface area contributed by atoms with Gasteiger partial charge in [-0.3, -0.25) is 0 Å². The van der Waals surface area contributed by atoms with E-state index in [1.54, 1.807) is 6.20 Å². The van der Waals surface area contributed by atoms with Crippen molar-refractivity contribution in [3.05, 3.63) is 59.7 Å². The minimum absolute atomic E-state index is 0.0323. The van der Waals surface area contributed by atoms with E-state index in [0.29, 0.717) is 6.42 Å². The van der Waals surface area contributed by atoms with Gasteiger partial charge in [0.2, 0.25) is 0 Å². The Kier molecular flexibility index (Phi) is 2.56. The summed E-state index contributed by atoms with van der Waals surface area (Å²) in [5, 5.41) is 10.6. The molecule has 0 aliphatic heterocycles. The number of hydrogen-bond acceptors (Lipinski definition) is 2. The first-order valence-corrected chi connectivity index (χ1v) is 6.15. The quantitative estimate of drug-likeness (QED) is 0.847. The van der Waals surface area contributed by atoms with Gasteiger partial charge >= 0.3 is 0 Å². The lowest BCUT2D eigenvalue weighted by molar-refractivity contribution is 0.0782. The van der Waals surface area contributed by atoms with Gasteiger partial charge in [-0.15, -0.1) is 0 Å². The SMILES string of the molecule is CC1(O)C=Cc2ccccc2C1Cc1ncc[nH]1. The zero-order valence-corrected chi connectivity index (χ0v) is 10.3. The number of H-pyrrole nitrogens is 1. The van der Waals surface area contributed by atoms with E-state index in [1.807, 2.05) is 37.4 Å². The molecule has 2 aromatic rings. The number of fused-ring (bicyclic) bond motifs is 1. The number of hydrogen-bond donors (Lipinski definition) is 2. The highest BCUT2D eigenvalue weighted by Crippen LogP contribution is 2.38. The summed E-state index contributed by atoms with van der Waals surface area (Å²) in [7, 11) is 0. The summed E-state index contributed by atoms with van der Waals surface area (Å²) < 4.78 is 0. The predicted molar refractivity (Wildman–Crippen MR) is 71.1 cm³/mol. The van der Waals surface area contributed by atoms with Gasteiger partial charge in [0.1, 0.15) is 5.82 Å². The molecule has 2 atom stereocenters. The summed E-state index contributed by atoms with van der Waals surface area (Å²) in [5.74, 6) is 0.940. The maximum atomic E-state index is 10.6. The molecular formula is C15H16N2O. The van der Waals surface area contributed by atoms with Gasteiger partial charge in [0.05, 0.1) is 5.60 Å². The topological polar surface area (TPSA) is 48.9 Å². The van der Waals surface area contributed by atoms with Crippen LogP contribution in [0.25, 0.3) is 6.08 Å². The molecule has 92 valence electrons. The molecule has 1 aromatic heterocycles. The molecule has 0 saturated heterocycles. The Morgan fingerprint density at radius 3 is 3.00 bits per heavy atom. The zero-order valence-electron chi connectivity index (χ0n) is 10.3. The third-order valence-electron chi connectivity index (χ3n) is 3.63. The number of aliphatic hydroxyl groups is 1. The summed E-state index contributed by atoms with van der Waals surface area (Å²) in [5.41, 5.74) is 1.53. The van der Waals surface area contributed by atoms with E-state index >= 15 is 0 Å². The second kappa shape index (κ2) is 4.10. The molecule has 3 rings (SSSR count). The second-order valence-corrected chi connectivity index (χ2v) is 4.98. The van der Waals surface area contributed by atoms with Gasteiger partial charge in [-0.1, -0.05) is 36.4 Å². The molecule has 0 fully saturated rings. The van der Waals surface area contributed by atoms with Crippen LogP contribution in [0.2, 0.25) is 0 Å². The first kappa shape index (κ1) is 11.2. The number of nitrogens with one attached hydrogen (secondary N) is 1. The van der Waals surface area contributed by atoms with Crippen molar-refractivity contribution in [3.63, 3.8) is 0 Å². The average molecular weight is 240 g/mol. The number of aromatic amines is 1. The Labute approximate surface area is 106 Å². The Balaban J connectivity index is 2.02. The molecule has 1 heterocycles. The highest BCUT2D eigenvalue weighted by molar-refractivity contribution is 5.60. The summed E-state index contributed by atoms with van der Waals surface area (Å²) in [6.45, 7) is 1.85. The van der Waals surface area contributed by atoms with Gasteiger partial charge in [-0.05, 0) is 18.1 Å². The van der Waals surface area contributed by atoms with Crippen LogP contribution >= 0.6 is 0 Å². The maximum Gasteiger partial charge on any atom is 0.106 e. The Bertz CT molecular complexity index is 570. The molecule has 1 aliphatic carbocycles. The van der Waals surface area contributed by atoms with E-state index in [4.69, 9.17) is 0 Å². The first-order valence-electron chi connectivity index (χ1n) is 6.15. The third-order valence-corrected chi connectivity index (χ3v) is 3.63. The molecule has 1 aliphatic rings. The standard InChI is InChI=1S/C15H16N2O/c1-15(18)7-6-11-4-2-3-5-12(11)13(15)10-14-16-8-9-17-14/h2-9,13,18H,10H2,1H3,(H,16,17). The van der Waals surface area contributed by atoms with Gasteiger partial charge in [-0.2, -0.15) is 0 Å². The van der Waals surface area contributed by atoms with Gasteiger partial charge in [0.25, 0.3) is 0 Å². The number of aromatic nitrogens is 2. The highest BCUT2D eigenvalue weighted by Gasteiger charge is 2.35. The number of nitrogens with zero attached hydrogens (tertiary/aromatic N) is 1.